The molecule has 0 atom stereocenters. The standard InChI is InChI=1S/C13H19N2O2.W/c1-10(9-14)15-12(8-13(16)17-2)11-6-4-3-5-7-11;/h1,11H,3-7,9,14H2,2H3;/q-1;. The molecule has 100 valence electrons. The first-order valence-corrected chi connectivity index (χ1v) is 7.85. The molecule has 18 heavy (non-hydrogen) atoms. The number of hydrogen-bond acceptors (Lipinski definition) is 4. The van der Waals surface area contributed by atoms with Crippen LogP contribution >= 0.6 is 0 Å². The molecule has 0 spiro atoms. The van der Waals surface area contributed by atoms with Crippen LogP contribution in [0, 0.1) is 12.0 Å². The molecule has 4 nitrogen and oxygen atoms in total. The van der Waals surface area contributed by atoms with E-state index in [1.54, 1.807) is 0 Å². The summed E-state index contributed by atoms with van der Waals surface area (Å²) in [5, 5.41) is 0. The van der Waals surface area contributed by atoms with Gasteiger partial charge < -0.3 is 0 Å². The van der Waals surface area contributed by atoms with Crippen LogP contribution < -0.4 is 5.73 Å². The molecule has 5 heteroatoms. The molecule has 0 aromatic heterocycles. The van der Waals surface area contributed by atoms with Crippen LogP contribution in [0.4, 0.5) is 0 Å². The average Bonchev–Trinajstić information content (AvgIpc) is 2.44. The number of ether oxygens (including phenoxy) is 1. The molecule has 1 fully saturated rings. The summed E-state index contributed by atoms with van der Waals surface area (Å²) in [4.78, 5) is 15.8. The zero-order chi connectivity index (χ0) is 13.4. The second-order valence-electron chi connectivity index (χ2n) is 4.26. The number of hydrogen-bond donors (Lipinski definition) is 1. The van der Waals surface area contributed by atoms with Gasteiger partial charge in [0.25, 0.3) is 0 Å². The van der Waals surface area contributed by atoms with Gasteiger partial charge in [0, 0.05) is 0 Å². The van der Waals surface area contributed by atoms with Crippen molar-refractivity contribution in [3.05, 3.63) is 11.8 Å². The van der Waals surface area contributed by atoms with Gasteiger partial charge in [-0.15, -0.1) is 0 Å². The number of nitrogens with two attached hydrogens (primary N) is 1. The van der Waals surface area contributed by atoms with Crippen molar-refractivity contribution in [2.45, 2.75) is 32.1 Å². The SMILES string of the molecule is COC(=O)[C-]=C(N=C([CH]=[W])CN)C1CCCCC1. The molecule has 0 unspecified atom stereocenters. The van der Waals surface area contributed by atoms with Crippen molar-refractivity contribution < 1.29 is 28.9 Å². The van der Waals surface area contributed by atoms with E-state index >= 15 is 0 Å². The van der Waals surface area contributed by atoms with E-state index in [0.717, 1.165) is 18.6 Å². The molecule has 1 aliphatic rings. The molecule has 1 saturated carbocycles. The zero-order valence-corrected chi connectivity index (χ0v) is 13.6. The van der Waals surface area contributed by atoms with Crippen LogP contribution in [0.3, 0.4) is 0 Å². The number of carbonyl (C=O) groups is 1. The van der Waals surface area contributed by atoms with Crippen molar-refractivity contribution in [3.63, 3.8) is 0 Å². The van der Waals surface area contributed by atoms with E-state index in [2.05, 4.69) is 15.8 Å². The summed E-state index contributed by atoms with van der Waals surface area (Å²) in [5.74, 6) is -0.145. The number of esters is 1. The minimum absolute atomic E-state index is 0.314. The number of carbonyl (C=O) groups excluding carboxylic acids is 1. The second-order valence-corrected chi connectivity index (χ2v) is 5.11. The Morgan fingerprint density at radius 1 is 1.50 bits per heavy atom. The topological polar surface area (TPSA) is 64.7 Å². The monoisotopic (exact) mass is 419 g/mol. The maximum absolute atomic E-state index is 11.4. The van der Waals surface area contributed by atoms with Crippen LogP contribution in [0.2, 0.25) is 0 Å². The van der Waals surface area contributed by atoms with Crippen LogP contribution in [0.1, 0.15) is 32.1 Å². The number of aliphatic imine (C=N–C) groups is 1. The van der Waals surface area contributed by atoms with Gasteiger partial charge in [-0.3, -0.25) is 0 Å². The molecule has 0 aliphatic heterocycles. The summed E-state index contributed by atoms with van der Waals surface area (Å²) in [5.41, 5.74) is 7.15. The predicted octanol–water partition coefficient (Wildman–Crippen LogP) is 1.18. The maximum atomic E-state index is 11.4. The summed E-state index contributed by atoms with van der Waals surface area (Å²) in [7, 11) is 1.36. The van der Waals surface area contributed by atoms with Crippen LogP contribution in [-0.2, 0) is 28.9 Å². The van der Waals surface area contributed by atoms with Gasteiger partial charge in [0.15, 0.2) is 0 Å². The first kappa shape index (κ1) is 15.5. The summed E-state index contributed by atoms with van der Waals surface area (Å²) in [6.07, 6.45) is 8.51. The molecular weight excluding hydrogens is 400 g/mol. The first-order valence-electron chi connectivity index (χ1n) is 6.16. The Bertz CT molecular complexity index is 358. The number of methoxy groups -OCH3 is 1. The van der Waals surface area contributed by atoms with Crippen molar-refractivity contribution in [1.82, 2.24) is 0 Å². The third kappa shape index (κ3) is 4.95. The van der Waals surface area contributed by atoms with Gasteiger partial charge in [-0.1, -0.05) is 0 Å². The zero-order valence-electron chi connectivity index (χ0n) is 10.6. The molecule has 0 radical (unpaired) electrons. The molecule has 2 N–H and O–H groups in total. The van der Waals surface area contributed by atoms with E-state index in [1.165, 1.54) is 45.7 Å². The Labute approximate surface area is 119 Å². The van der Waals surface area contributed by atoms with Gasteiger partial charge in [-0.05, 0) is 0 Å². The minimum atomic E-state index is -0.459. The molecule has 0 aromatic rings. The molecule has 0 bridgehead atoms. The number of allylic oxidation sites excluding steroid dienone is 1. The number of nitrogens with zero attached hydrogens (tertiary/aromatic N) is 1. The van der Waals surface area contributed by atoms with Crippen LogP contribution in [0.5, 0.6) is 0 Å². The summed E-state index contributed by atoms with van der Waals surface area (Å²) >= 11 is 1.30. The van der Waals surface area contributed by atoms with Crippen molar-refractivity contribution in [2.24, 2.45) is 16.6 Å². The van der Waals surface area contributed by atoms with Gasteiger partial charge in [0.2, 0.25) is 0 Å². The third-order valence-electron chi connectivity index (χ3n) is 3.02. The van der Waals surface area contributed by atoms with Crippen LogP contribution in [-0.4, -0.2) is 29.7 Å². The number of rotatable bonds is 5. The Morgan fingerprint density at radius 3 is 2.67 bits per heavy atom. The second kappa shape index (κ2) is 8.49. The third-order valence-corrected chi connectivity index (χ3v) is 3.99. The van der Waals surface area contributed by atoms with Crippen molar-refractivity contribution >= 4 is 16.1 Å². The van der Waals surface area contributed by atoms with Gasteiger partial charge in [-0.25, -0.2) is 0 Å². The Balaban J connectivity index is 2.93. The normalized spacial score (nSPS) is 18.6. The Kier molecular flexibility index (Phi) is 7.29. The summed E-state index contributed by atoms with van der Waals surface area (Å²) in [6, 6.07) is 0. The van der Waals surface area contributed by atoms with E-state index in [1.807, 2.05) is 4.40 Å². The molecule has 0 aromatic carbocycles. The fourth-order valence-electron chi connectivity index (χ4n) is 2.03. The predicted molar refractivity (Wildman–Crippen MR) is 67.9 cm³/mol. The Morgan fingerprint density at radius 2 is 2.17 bits per heavy atom. The summed E-state index contributed by atoms with van der Waals surface area (Å²) in [6.45, 7) is 0.391. The van der Waals surface area contributed by atoms with Crippen molar-refractivity contribution in [1.29, 1.82) is 0 Å². The van der Waals surface area contributed by atoms with E-state index in [0.29, 0.717) is 18.2 Å². The molecule has 1 aliphatic carbocycles. The van der Waals surface area contributed by atoms with Crippen LogP contribution in [0.25, 0.3) is 0 Å². The van der Waals surface area contributed by atoms with E-state index in [4.69, 9.17) is 5.73 Å². The van der Waals surface area contributed by atoms with Crippen molar-refractivity contribution in [3.8, 4) is 0 Å². The van der Waals surface area contributed by atoms with Gasteiger partial charge in [0.1, 0.15) is 0 Å². The van der Waals surface area contributed by atoms with Crippen LogP contribution in [0.15, 0.2) is 10.7 Å². The molecule has 0 saturated heterocycles. The molecular formula is C13H19N2O2W-. The quantitative estimate of drug-likeness (QED) is 0.315. The van der Waals surface area contributed by atoms with E-state index in [9.17, 15) is 4.79 Å². The average molecular weight is 419 g/mol. The van der Waals surface area contributed by atoms with Gasteiger partial charge in [0.05, 0.1) is 0 Å². The fourth-order valence-corrected chi connectivity index (χ4v) is 2.56. The first-order chi connectivity index (χ1) is 8.71. The van der Waals surface area contributed by atoms with E-state index in [-0.39, 0.29) is 0 Å². The van der Waals surface area contributed by atoms with Crippen molar-refractivity contribution in [2.75, 3.05) is 13.7 Å². The fraction of sp³-hybridized carbons (Fsp3) is 0.615. The summed E-state index contributed by atoms with van der Waals surface area (Å²) < 4.78 is 6.59. The van der Waals surface area contributed by atoms with Gasteiger partial charge in [-0.2, -0.15) is 0 Å². The van der Waals surface area contributed by atoms with E-state index < -0.39 is 5.97 Å². The molecule has 0 heterocycles. The van der Waals surface area contributed by atoms with Gasteiger partial charge >= 0.3 is 119 Å². The molecule has 1 rings (SSSR count). The molecule has 0 amide bonds. The Hall–Kier alpha value is -0.602.